The molecule has 2 aromatic carbocycles. The number of carboxylic acid groups (broad SMARTS) is 1. The van der Waals surface area contributed by atoms with Crippen LogP contribution in [-0.2, 0) is 21.2 Å². The van der Waals surface area contributed by atoms with Crippen LogP contribution in [0.25, 0.3) is 0 Å². The van der Waals surface area contributed by atoms with Gasteiger partial charge in [0.2, 0.25) is 17.8 Å². The third-order valence-corrected chi connectivity index (χ3v) is 8.13. The molecule has 0 fully saturated rings. The van der Waals surface area contributed by atoms with Gasteiger partial charge in [-0.1, -0.05) is 43.7 Å². The fraction of sp³-hybridized carbons (Fsp3) is 0.414. The van der Waals surface area contributed by atoms with E-state index in [4.69, 9.17) is 4.74 Å². The zero-order valence-corrected chi connectivity index (χ0v) is 26.1. The summed E-state index contributed by atoms with van der Waals surface area (Å²) in [5.41, 5.74) is 1.56. The predicted molar refractivity (Wildman–Crippen MR) is 164 cm³/mol. The number of ether oxygens (including phenoxy) is 1. The molecule has 3 aromatic rings. The number of aliphatic carboxylic acids is 1. The lowest BCUT2D eigenvalue weighted by molar-refractivity contribution is -0.137. The van der Waals surface area contributed by atoms with Gasteiger partial charge in [-0.15, -0.1) is 0 Å². The molecule has 0 spiro atoms. The Hall–Kier alpha value is -4.46. The standard InChI is InChI=1S/C29H39N7O6S/c1-7-17-36(18-8-2)28-32-26(31-27(33-28)35(6)43(40,41)23-15-9-20(3)10-16-23)30-24(25(37)38)19-21-11-13-22(14-12-21)42-29(39)34(4)5/h9-16,24H,7-8,17-19H2,1-6H3,(H,37,38)(H,30,31,32,33)/t24-/m0/s1. The number of aromatic nitrogens is 3. The van der Waals surface area contributed by atoms with Crippen molar-refractivity contribution in [2.75, 3.05) is 48.8 Å². The minimum absolute atomic E-state index is 0.0404. The summed E-state index contributed by atoms with van der Waals surface area (Å²) in [7, 11) is 0.457. The highest BCUT2D eigenvalue weighted by molar-refractivity contribution is 7.92. The third-order valence-electron chi connectivity index (χ3n) is 6.38. The Balaban J connectivity index is 1.96. The number of benzene rings is 2. The molecule has 1 heterocycles. The number of amides is 1. The lowest BCUT2D eigenvalue weighted by atomic mass is 10.1. The second kappa shape index (κ2) is 14.6. The number of carbonyl (C=O) groups excluding carboxylic acids is 1. The molecule has 2 N–H and O–H groups in total. The molecule has 0 saturated heterocycles. The Morgan fingerprint density at radius 3 is 2.02 bits per heavy atom. The number of nitrogens with one attached hydrogen (secondary N) is 1. The zero-order chi connectivity index (χ0) is 31.7. The van der Waals surface area contributed by atoms with Gasteiger partial charge in [0, 0.05) is 40.7 Å². The summed E-state index contributed by atoms with van der Waals surface area (Å²) >= 11 is 0. The molecule has 0 unspecified atom stereocenters. The highest BCUT2D eigenvalue weighted by atomic mass is 32.2. The molecular weight excluding hydrogens is 574 g/mol. The molecule has 0 radical (unpaired) electrons. The number of rotatable bonds is 14. The Morgan fingerprint density at radius 1 is 0.907 bits per heavy atom. The summed E-state index contributed by atoms with van der Waals surface area (Å²) in [6.45, 7) is 7.09. The number of carboxylic acids is 1. The lowest BCUT2D eigenvalue weighted by Gasteiger charge is -2.25. The monoisotopic (exact) mass is 613 g/mol. The summed E-state index contributed by atoms with van der Waals surface area (Å²) < 4.78 is 33.1. The second-order valence-corrected chi connectivity index (χ2v) is 12.1. The Bertz CT molecular complexity index is 1490. The first-order chi connectivity index (χ1) is 20.3. The number of anilines is 3. The van der Waals surface area contributed by atoms with E-state index in [-0.39, 0.29) is 29.2 Å². The summed E-state index contributed by atoms with van der Waals surface area (Å²) in [6.07, 6.45) is 1.09. The van der Waals surface area contributed by atoms with Crippen molar-refractivity contribution in [2.45, 2.75) is 51.0 Å². The van der Waals surface area contributed by atoms with Crippen molar-refractivity contribution < 1.29 is 27.9 Å². The molecule has 0 aliphatic heterocycles. The Morgan fingerprint density at radius 2 is 1.49 bits per heavy atom. The fourth-order valence-corrected chi connectivity index (χ4v) is 5.10. The normalized spacial score (nSPS) is 11.9. The molecule has 0 saturated carbocycles. The third kappa shape index (κ3) is 8.77. The van der Waals surface area contributed by atoms with E-state index in [1.807, 2.05) is 25.7 Å². The van der Waals surface area contributed by atoms with E-state index in [2.05, 4.69) is 20.3 Å². The molecule has 3 rings (SSSR count). The molecule has 1 atom stereocenters. The number of carbonyl (C=O) groups is 2. The first-order valence-corrected chi connectivity index (χ1v) is 15.3. The maximum absolute atomic E-state index is 13.5. The van der Waals surface area contributed by atoms with Crippen molar-refractivity contribution in [3.8, 4) is 5.75 Å². The van der Waals surface area contributed by atoms with Gasteiger partial charge in [0.25, 0.3) is 10.0 Å². The van der Waals surface area contributed by atoms with Crippen LogP contribution in [0.15, 0.2) is 53.4 Å². The van der Waals surface area contributed by atoms with Crippen molar-refractivity contribution in [2.24, 2.45) is 0 Å². The molecule has 1 amide bonds. The highest BCUT2D eigenvalue weighted by Crippen LogP contribution is 2.24. The van der Waals surface area contributed by atoms with E-state index in [9.17, 15) is 23.1 Å². The van der Waals surface area contributed by atoms with Crippen molar-refractivity contribution >= 4 is 39.9 Å². The van der Waals surface area contributed by atoms with Crippen LogP contribution in [0.1, 0.15) is 37.8 Å². The van der Waals surface area contributed by atoms with Gasteiger partial charge in [-0.05, 0) is 49.6 Å². The smallest absolute Gasteiger partial charge is 0.414 e. The number of aryl methyl sites for hydroxylation is 1. The Labute approximate surface area is 252 Å². The Kier molecular flexibility index (Phi) is 11.2. The maximum atomic E-state index is 13.5. The van der Waals surface area contributed by atoms with Gasteiger partial charge in [-0.25, -0.2) is 22.3 Å². The molecule has 0 aliphatic rings. The average molecular weight is 614 g/mol. The molecule has 0 aliphatic carbocycles. The van der Waals surface area contributed by atoms with Gasteiger partial charge in [0.05, 0.1) is 4.90 Å². The fourth-order valence-electron chi connectivity index (χ4n) is 4.01. The van der Waals surface area contributed by atoms with Crippen LogP contribution >= 0.6 is 0 Å². The minimum Gasteiger partial charge on any atom is -0.480 e. The highest BCUT2D eigenvalue weighted by Gasteiger charge is 2.27. The van der Waals surface area contributed by atoms with Crippen LogP contribution in [0, 0.1) is 6.92 Å². The lowest BCUT2D eigenvalue weighted by Crippen LogP contribution is -2.35. The van der Waals surface area contributed by atoms with Crippen LogP contribution in [-0.4, -0.2) is 85.7 Å². The van der Waals surface area contributed by atoms with Crippen molar-refractivity contribution in [3.63, 3.8) is 0 Å². The van der Waals surface area contributed by atoms with Crippen LogP contribution < -0.4 is 19.3 Å². The van der Waals surface area contributed by atoms with Gasteiger partial charge in [0.15, 0.2) is 0 Å². The van der Waals surface area contributed by atoms with E-state index in [0.29, 0.717) is 24.4 Å². The van der Waals surface area contributed by atoms with E-state index < -0.39 is 28.1 Å². The van der Waals surface area contributed by atoms with Gasteiger partial charge in [-0.2, -0.15) is 15.0 Å². The van der Waals surface area contributed by atoms with Crippen LogP contribution in [0.4, 0.5) is 22.6 Å². The first kappa shape index (κ1) is 33.0. The molecule has 13 nitrogen and oxygen atoms in total. The number of nitrogens with zero attached hydrogens (tertiary/aromatic N) is 6. The van der Waals surface area contributed by atoms with Gasteiger partial charge in [-0.3, -0.25) is 0 Å². The van der Waals surface area contributed by atoms with Crippen LogP contribution in [0.3, 0.4) is 0 Å². The minimum atomic E-state index is -4.03. The van der Waals surface area contributed by atoms with E-state index in [0.717, 1.165) is 22.7 Å². The maximum Gasteiger partial charge on any atom is 0.414 e. The SMILES string of the molecule is CCCN(CCC)c1nc(N[C@@H](Cc2ccc(OC(=O)N(C)C)cc2)C(=O)O)nc(N(C)S(=O)(=O)c2ccc(C)cc2)n1. The molecule has 0 bridgehead atoms. The largest absolute Gasteiger partial charge is 0.480 e. The van der Waals surface area contributed by atoms with E-state index in [1.54, 1.807) is 50.5 Å². The average Bonchev–Trinajstić information content (AvgIpc) is 2.97. The first-order valence-electron chi connectivity index (χ1n) is 13.9. The molecule has 14 heteroatoms. The summed E-state index contributed by atoms with van der Waals surface area (Å²) in [5.74, 6) is -0.836. The predicted octanol–water partition coefficient (Wildman–Crippen LogP) is 3.80. The van der Waals surface area contributed by atoms with Gasteiger partial charge < -0.3 is 25.0 Å². The van der Waals surface area contributed by atoms with Crippen LogP contribution in [0.5, 0.6) is 5.75 Å². The summed E-state index contributed by atoms with van der Waals surface area (Å²) in [4.78, 5) is 40.7. The van der Waals surface area contributed by atoms with Crippen LogP contribution in [0.2, 0.25) is 0 Å². The van der Waals surface area contributed by atoms with Crippen molar-refractivity contribution in [3.05, 3.63) is 59.7 Å². The quantitative estimate of drug-likeness (QED) is 0.272. The van der Waals surface area contributed by atoms with Crippen molar-refractivity contribution in [1.82, 2.24) is 19.9 Å². The van der Waals surface area contributed by atoms with Gasteiger partial charge in [0.1, 0.15) is 11.8 Å². The molecular formula is C29H39N7O6S. The van der Waals surface area contributed by atoms with E-state index >= 15 is 0 Å². The topological polar surface area (TPSA) is 158 Å². The number of sulfonamides is 1. The molecule has 232 valence electrons. The summed E-state index contributed by atoms with van der Waals surface area (Å²) in [6, 6.07) is 11.7. The molecule has 1 aromatic heterocycles. The summed E-state index contributed by atoms with van der Waals surface area (Å²) in [5, 5.41) is 12.9. The molecule has 43 heavy (non-hydrogen) atoms. The number of hydrogen-bond donors (Lipinski definition) is 2. The second-order valence-electron chi connectivity index (χ2n) is 10.2. The number of hydrogen-bond acceptors (Lipinski definition) is 10. The van der Waals surface area contributed by atoms with Gasteiger partial charge >= 0.3 is 12.1 Å². The van der Waals surface area contributed by atoms with E-state index in [1.165, 1.54) is 24.1 Å². The van der Waals surface area contributed by atoms with Crippen molar-refractivity contribution in [1.29, 1.82) is 0 Å². The zero-order valence-electron chi connectivity index (χ0n) is 25.3.